The summed E-state index contributed by atoms with van der Waals surface area (Å²) in [5.74, 6) is -0.793. The second-order valence-electron chi connectivity index (χ2n) is 4.50. The number of thiazole rings is 1. The number of aliphatic carboxylic acids is 1. The number of rotatable bonds is 4. The van der Waals surface area contributed by atoms with Crippen molar-refractivity contribution in [1.82, 2.24) is 4.98 Å². The Hall–Kier alpha value is -1.10. The molecule has 0 aliphatic carbocycles. The number of anilines is 1. The quantitative estimate of drug-likeness (QED) is 0.831. The van der Waals surface area contributed by atoms with Gasteiger partial charge in [0, 0.05) is 17.6 Å². The molecule has 1 heterocycles. The fourth-order valence-electron chi connectivity index (χ4n) is 1.19. The van der Waals surface area contributed by atoms with Crippen molar-refractivity contribution in [2.75, 3.05) is 5.32 Å². The van der Waals surface area contributed by atoms with Crippen LogP contribution in [-0.4, -0.2) is 22.1 Å². The molecule has 0 saturated heterocycles. The Bertz CT molecular complexity index is 317. The van der Waals surface area contributed by atoms with Gasteiger partial charge in [0.15, 0.2) is 5.13 Å². The molecular formula is C10H16N2O2S. The Morgan fingerprint density at radius 3 is 2.73 bits per heavy atom. The minimum absolute atomic E-state index is 0.100. The van der Waals surface area contributed by atoms with Gasteiger partial charge >= 0.3 is 5.97 Å². The number of hydrogen-bond acceptors (Lipinski definition) is 4. The van der Waals surface area contributed by atoms with Crippen molar-refractivity contribution in [3.8, 4) is 0 Å². The molecule has 1 aromatic heterocycles. The standard InChI is InChI=1S/C10H16N2O2S/c1-10(2,3)7(6-8(13)14)12-9-11-4-5-15-9/h4-5,7H,6H2,1-3H3,(H,11,12)(H,13,14). The summed E-state index contributed by atoms with van der Waals surface area (Å²) in [4.78, 5) is 14.8. The van der Waals surface area contributed by atoms with Gasteiger partial charge in [0.2, 0.25) is 0 Å². The maximum absolute atomic E-state index is 10.7. The molecule has 0 bridgehead atoms. The Morgan fingerprint density at radius 1 is 1.67 bits per heavy atom. The van der Waals surface area contributed by atoms with Gasteiger partial charge in [-0.25, -0.2) is 4.98 Å². The van der Waals surface area contributed by atoms with Crippen molar-refractivity contribution in [2.24, 2.45) is 5.41 Å². The average Bonchev–Trinajstić information content (AvgIpc) is 2.53. The average molecular weight is 228 g/mol. The first-order valence-electron chi connectivity index (χ1n) is 4.77. The zero-order valence-electron chi connectivity index (χ0n) is 9.15. The van der Waals surface area contributed by atoms with Crippen LogP contribution >= 0.6 is 11.3 Å². The van der Waals surface area contributed by atoms with Crippen LogP contribution in [0.3, 0.4) is 0 Å². The van der Waals surface area contributed by atoms with Gasteiger partial charge in [0.25, 0.3) is 0 Å². The van der Waals surface area contributed by atoms with Crippen LogP contribution in [0.25, 0.3) is 0 Å². The van der Waals surface area contributed by atoms with Gasteiger partial charge in [-0.15, -0.1) is 11.3 Å². The first kappa shape index (κ1) is 12.0. The van der Waals surface area contributed by atoms with Gasteiger partial charge in [-0.3, -0.25) is 4.79 Å². The number of carboxylic acid groups (broad SMARTS) is 1. The van der Waals surface area contributed by atoms with Crippen molar-refractivity contribution in [2.45, 2.75) is 33.2 Å². The Kier molecular flexibility index (Phi) is 3.68. The molecule has 0 fully saturated rings. The fraction of sp³-hybridized carbons (Fsp3) is 0.600. The lowest BCUT2D eigenvalue weighted by atomic mass is 9.85. The lowest BCUT2D eigenvalue weighted by molar-refractivity contribution is -0.137. The summed E-state index contributed by atoms with van der Waals surface area (Å²) in [5.41, 5.74) is -0.107. The summed E-state index contributed by atoms with van der Waals surface area (Å²) < 4.78 is 0. The van der Waals surface area contributed by atoms with Crippen LogP contribution < -0.4 is 5.32 Å². The van der Waals surface area contributed by atoms with Crippen molar-refractivity contribution in [1.29, 1.82) is 0 Å². The topological polar surface area (TPSA) is 62.2 Å². The first-order valence-corrected chi connectivity index (χ1v) is 5.65. The molecular weight excluding hydrogens is 212 g/mol. The van der Waals surface area contributed by atoms with E-state index < -0.39 is 5.97 Å². The Morgan fingerprint density at radius 2 is 2.33 bits per heavy atom. The highest BCUT2D eigenvalue weighted by Crippen LogP contribution is 2.26. The van der Waals surface area contributed by atoms with Gasteiger partial charge in [-0.2, -0.15) is 0 Å². The highest BCUT2D eigenvalue weighted by Gasteiger charge is 2.27. The minimum Gasteiger partial charge on any atom is -0.481 e. The minimum atomic E-state index is -0.793. The SMILES string of the molecule is CC(C)(C)C(CC(=O)O)Nc1nccs1. The summed E-state index contributed by atoms with van der Waals surface area (Å²) in [7, 11) is 0. The van der Waals surface area contributed by atoms with E-state index in [0.717, 1.165) is 5.13 Å². The number of hydrogen-bond donors (Lipinski definition) is 2. The predicted octanol–water partition coefficient (Wildman–Crippen LogP) is 2.44. The number of nitrogens with one attached hydrogen (secondary N) is 1. The first-order chi connectivity index (χ1) is 6.89. The van der Waals surface area contributed by atoms with Crippen molar-refractivity contribution in [3.05, 3.63) is 11.6 Å². The molecule has 1 atom stereocenters. The van der Waals surface area contributed by atoms with Gasteiger partial charge in [0.05, 0.1) is 6.42 Å². The third kappa shape index (κ3) is 3.87. The van der Waals surface area contributed by atoms with Gasteiger partial charge < -0.3 is 10.4 Å². The number of nitrogens with zero attached hydrogens (tertiary/aromatic N) is 1. The zero-order chi connectivity index (χ0) is 11.5. The van der Waals surface area contributed by atoms with Gasteiger partial charge in [-0.05, 0) is 5.41 Å². The third-order valence-electron chi connectivity index (χ3n) is 2.15. The van der Waals surface area contributed by atoms with Gasteiger partial charge in [-0.1, -0.05) is 20.8 Å². The van der Waals surface area contributed by atoms with E-state index in [2.05, 4.69) is 10.3 Å². The van der Waals surface area contributed by atoms with Crippen molar-refractivity contribution < 1.29 is 9.90 Å². The summed E-state index contributed by atoms with van der Waals surface area (Å²) in [5, 5.41) is 14.6. The van der Waals surface area contributed by atoms with E-state index in [9.17, 15) is 4.79 Å². The fourth-order valence-corrected chi connectivity index (χ4v) is 1.77. The van der Waals surface area contributed by atoms with Crippen LogP contribution in [0, 0.1) is 5.41 Å². The number of carbonyl (C=O) groups is 1. The largest absolute Gasteiger partial charge is 0.481 e. The second kappa shape index (κ2) is 4.61. The van der Waals surface area contributed by atoms with Crippen LogP contribution in [0.15, 0.2) is 11.6 Å². The van der Waals surface area contributed by atoms with E-state index in [1.807, 2.05) is 26.2 Å². The van der Waals surface area contributed by atoms with Crippen LogP contribution in [0.5, 0.6) is 0 Å². The zero-order valence-corrected chi connectivity index (χ0v) is 9.97. The lowest BCUT2D eigenvalue weighted by Gasteiger charge is -2.30. The normalized spacial score (nSPS) is 13.5. The number of aromatic nitrogens is 1. The monoisotopic (exact) mass is 228 g/mol. The summed E-state index contributed by atoms with van der Waals surface area (Å²) in [6, 6.07) is -0.110. The second-order valence-corrected chi connectivity index (χ2v) is 5.39. The third-order valence-corrected chi connectivity index (χ3v) is 2.86. The number of carboxylic acids is 1. The van der Waals surface area contributed by atoms with Crippen molar-refractivity contribution >= 4 is 22.4 Å². The molecule has 0 saturated carbocycles. The molecule has 15 heavy (non-hydrogen) atoms. The predicted molar refractivity (Wildman–Crippen MR) is 61.2 cm³/mol. The summed E-state index contributed by atoms with van der Waals surface area (Å²) in [6.45, 7) is 6.05. The molecule has 5 heteroatoms. The molecule has 1 aromatic rings. The molecule has 1 unspecified atom stereocenters. The molecule has 0 aliphatic heterocycles. The van der Waals surface area contributed by atoms with Crippen molar-refractivity contribution in [3.63, 3.8) is 0 Å². The Labute approximate surface area is 93.4 Å². The maximum Gasteiger partial charge on any atom is 0.305 e. The van der Waals surface area contributed by atoms with E-state index in [4.69, 9.17) is 5.11 Å². The molecule has 0 aliphatic rings. The van der Waals surface area contributed by atoms with Crippen LogP contribution in [-0.2, 0) is 4.79 Å². The highest BCUT2D eigenvalue weighted by atomic mass is 32.1. The van der Waals surface area contributed by atoms with E-state index in [0.29, 0.717) is 0 Å². The molecule has 0 radical (unpaired) electrons. The lowest BCUT2D eigenvalue weighted by Crippen LogP contribution is -2.36. The van der Waals surface area contributed by atoms with E-state index in [1.54, 1.807) is 6.20 Å². The van der Waals surface area contributed by atoms with Crippen LogP contribution in [0.4, 0.5) is 5.13 Å². The maximum atomic E-state index is 10.7. The van der Waals surface area contributed by atoms with E-state index >= 15 is 0 Å². The molecule has 0 amide bonds. The molecule has 84 valence electrons. The summed E-state index contributed by atoms with van der Waals surface area (Å²) >= 11 is 1.48. The smallest absolute Gasteiger partial charge is 0.305 e. The van der Waals surface area contributed by atoms with E-state index in [-0.39, 0.29) is 17.9 Å². The molecule has 4 nitrogen and oxygen atoms in total. The van der Waals surface area contributed by atoms with E-state index in [1.165, 1.54) is 11.3 Å². The molecule has 2 N–H and O–H groups in total. The van der Waals surface area contributed by atoms with Crippen LogP contribution in [0.2, 0.25) is 0 Å². The molecule has 0 spiro atoms. The summed E-state index contributed by atoms with van der Waals surface area (Å²) in [6.07, 6.45) is 1.80. The molecule has 1 rings (SSSR count). The van der Waals surface area contributed by atoms with Crippen LogP contribution in [0.1, 0.15) is 27.2 Å². The Balaban J connectivity index is 2.69. The molecule has 0 aromatic carbocycles. The van der Waals surface area contributed by atoms with Gasteiger partial charge in [0.1, 0.15) is 0 Å². The highest BCUT2D eigenvalue weighted by molar-refractivity contribution is 7.13.